The molecule has 0 aliphatic heterocycles. The van der Waals surface area contributed by atoms with Gasteiger partial charge in [0.05, 0.1) is 6.04 Å². The molecular formula is C14H22ClN3. The van der Waals surface area contributed by atoms with E-state index in [2.05, 4.69) is 17.3 Å². The molecule has 3 N–H and O–H groups in total. The first-order valence-electron chi connectivity index (χ1n) is 6.82. The molecule has 4 heteroatoms. The van der Waals surface area contributed by atoms with E-state index in [4.69, 9.17) is 17.4 Å². The van der Waals surface area contributed by atoms with Crippen LogP contribution >= 0.6 is 11.6 Å². The summed E-state index contributed by atoms with van der Waals surface area (Å²) in [6.45, 7) is 2.28. The molecule has 1 heterocycles. The normalized spacial score (nSPS) is 25.9. The lowest BCUT2D eigenvalue weighted by Crippen LogP contribution is -2.35. The van der Waals surface area contributed by atoms with Gasteiger partial charge in [0.2, 0.25) is 0 Å². The van der Waals surface area contributed by atoms with Gasteiger partial charge in [-0.15, -0.1) is 0 Å². The molecule has 2 rings (SSSR count). The maximum absolute atomic E-state index is 5.82. The summed E-state index contributed by atoms with van der Waals surface area (Å²) in [7, 11) is 0. The quantitative estimate of drug-likeness (QED) is 0.499. The molecule has 0 spiro atoms. The molecule has 1 saturated carbocycles. The molecule has 1 atom stereocenters. The van der Waals surface area contributed by atoms with Crippen molar-refractivity contribution < 1.29 is 0 Å². The summed E-state index contributed by atoms with van der Waals surface area (Å²) < 4.78 is 0. The van der Waals surface area contributed by atoms with Crippen LogP contribution in [0, 0.1) is 11.8 Å². The van der Waals surface area contributed by atoms with Crippen LogP contribution in [0.1, 0.15) is 50.6 Å². The number of nitrogens with one attached hydrogen (secondary N) is 1. The Morgan fingerprint density at radius 2 is 2.11 bits per heavy atom. The van der Waals surface area contributed by atoms with Gasteiger partial charge in [-0.1, -0.05) is 43.9 Å². The highest BCUT2D eigenvalue weighted by molar-refractivity contribution is 6.29. The lowest BCUT2D eigenvalue weighted by molar-refractivity contribution is 0.219. The highest BCUT2D eigenvalue weighted by Crippen LogP contribution is 2.37. The van der Waals surface area contributed by atoms with Crippen LogP contribution in [-0.4, -0.2) is 4.98 Å². The summed E-state index contributed by atoms with van der Waals surface area (Å²) in [5, 5.41) is 0.532. The Morgan fingerprint density at radius 3 is 2.61 bits per heavy atom. The van der Waals surface area contributed by atoms with Gasteiger partial charge in [-0.3, -0.25) is 11.3 Å². The topological polar surface area (TPSA) is 50.9 Å². The van der Waals surface area contributed by atoms with E-state index in [1.165, 1.54) is 32.1 Å². The van der Waals surface area contributed by atoms with Crippen molar-refractivity contribution in [1.29, 1.82) is 0 Å². The Balaban J connectivity index is 2.03. The van der Waals surface area contributed by atoms with Crippen molar-refractivity contribution in [1.82, 2.24) is 10.4 Å². The molecule has 3 nitrogen and oxygen atoms in total. The smallest absolute Gasteiger partial charge is 0.129 e. The second-order valence-corrected chi connectivity index (χ2v) is 5.63. The molecule has 0 saturated heterocycles. The first-order valence-corrected chi connectivity index (χ1v) is 7.20. The third-order valence-corrected chi connectivity index (χ3v) is 4.45. The van der Waals surface area contributed by atoms with E-state index in [0.717, 1.165) is 11.5 Å². The van der Waals surface area contributed by atoms with Gasteiger partial charge >= 0.3 is 0 Å². The molecular weight excluding hydrogens is 246 g/mol. The Labute approximate surface area is 114 Å². The SMILES string of the molecule is CCC1CCC(C(NN)c2ccc(Cl)nc2)CC1. The summed E-state index contributed by atoms with van der Waals surface area (Å²) in [6.07, 6.45) is 8.27. The summed E-state index contributed by atoms with van der Waals surface area (Å²) in [4.78, 5) is 4.14. The van der Waals surface area contributed by atoms with Crippen molar-refractivity contribution in [2.24, 2.45) is 17.7 Å². The number of halogens is 1. The lowest BCUT2D eigenvalue weighted by atomic mass is 9.76. The van der Waals surface area contributed by atoms with Gasteiger partial charge in [0.1, 0.15) is 5.15 Å². The van der Waals surface area contributed by atoms with E-state index in [-0.39, 0.29) is 6.04 Å². The summed E-state index contributed by atoms with van der Waals surface area (Å²) in [5.41, 5.74) is 4.10. The van der Waals surface area contributed by atoms with Gasteiger partial charge in [-0.05, 0) is 36.3 Å². The van der Waals surface area contributed by atoms with Crippen LogP contribution in [0.15, 0.2) is 18.3 Å². The van der Waals surface area contributed by atoms with Gasteiger partial charge in [0.15, 0.2) is 0 Å². The molecule has 0 aromatic carbocycles. The van der Waals surface area contributed by atoms with E-state index < -0.39 is 0 Å². The molecule has 1 aromatic rings. The van der Waals surface area contributed by atoms with Crippen LogP contribution in [0.25, 0.3) is 0 Å². The van der Waals surface area contributed by atoms with E-state index >= 15 is 0 Å². The minimum atomic E-state index is 0.201. The fourth-order valence-corrected chi connectivity index (χ4v) is 3.12. The summed E-state index contributed by atoms with van der Waals surface area (Å²) >= 11 is 5.82. The largest absolute Gasteiger partial charge is 0.271 e. The number of nitrogens with two attached hydrogens (primary N) is 1. The van der Waals surface area contributed by atoms with E-state index in [0.29, 0.717) is 11.1 Å². The van der Waals surface area contributed by atoms with Crippen LogP contribution in [0.4, 0.5) is 0 Å². The number of nitrogens with zero attached hydrogens (tertiary/aromatic N) is 1. The predicted octanol–water partition coefficient (Wildman–Crippen LogP) is 3.46. The average Bonchev–Trinajstić information content (AvgIpc) is 2.42. The molecule has 1 fully saturated rings. The van der Waals surface area contributed by atoms with Gasteiger partial charge in [-0.2, -0.15) is 0 Å². The van der Waals surface area contributed by atoms with E-state index in [1.54, 1.807) is 0 Å². The number of hydrogen-bond acceptors (Lipinski definition) is 3. The van der Waals surface area contributed by atoms with Crippen LogP contribution in [0.3, 0.4) is 0 Å². The third-order valence-electron chi connectivity index (χ3n) is 4.23. The Bertz CT molecular complexity index is 358. The Morgan fingerprint density at radius 1 is 1.39 bits per heavy atom. The zero-order valence-corrected chi connectivity index (χ0v) is 11.7. The molecule has 0 bridgehead atoms. The lowest BCUT2D eigenvalue weighted by Gasteiger charge is -2.33. The standard InChI is InChI=1S/C14H22ClN3/c1-2-10-3-5-11(6-4-10)14(18-16)12-7-8-13(15)17-9-12/h7-11,14,18H,2-6,16H2,1H3. The fraction of sp³-hybridized carbons (Fsp3) is 0.643. The van der Waals surface area contributed by atoms with Crippen LogP contribution < -0.4 is 11.3 Å². The van der Waals surface area contributed by atoms with Crippen molar-refractivity contribution in [3.63, 3.8) is 0 Å². The second-order valence-electron chi connectivity index (χ2n) is 5.25. The average molecular weight is 268 g/mol. The van der Waals surface area contributed by atoms with Gasteiger partial charge < -0.3 is 0 Å². The predicted molar refractivity (Wildman–Crippen MR) is 75.1 cm³/mol. The zero-order chi connectivity index (χ0) is 13.0. The third kappa shape index (κ3) is 3.22. The van der Waals surface area contributed by atoms with E-state index in [1.807, 2.05) is 18.3 Å². The van der Waals surface area contributed by atoms with Crippen molar-refractivity contribution in [2.45, 2.75) is 45.1 Å². The van der Waals surface area contributed by atoms with Gasteiger partial charge in [0.25, 0.3) is 0 Å². The minimum Gasteiger partial charge on any atom is -0.271 e. The first kappa shape index (κ1) is 13.8. The van der Waals surface area contributed by atoms with Crippen LogP contribution in [0.2, 0.25) is 5.15 Å². The van der Waals surface area contributed by atoms with Gasteiger partial charge in [-0.25, -0.2) is 4.98 Å². The zero-order valence-electron chi connectivity index (χ0n) is 10.9. The maximum Gasteiger partial charge on any atom is 0.129 e. The molecule has 1 unspecified atom stereocenters. The number of hydrogen-bond donors (Lipinski definition) is 2. The van der Waals surface area contributed by atoms with Crippen molar-refractivity contribution in [3.8, 4) is 0 Å². The highest BCUT2D eigenvalue weighted by Gasteiger charge is 2.27. The molecule has 100 valence electrons. The number of rotatable bonds is 4. The molecule has 18 heavy (non-hydrogen) atoms. The van der Waals surface area contributed by atoms with Crippen molar-refractivity contribution >= 4 is 11.6 Å². The number of pyridine rings is 1. The molecule has 0 amide bonds. The monoisotopic (exact) mass is 267 g/mol. The maximum atomic E-state index is 5.82. The molecule has 1 aliphatic rings. The highest BCUT2D eigenvalue weighted by atomic mass is 35.5. The minimum absolute atomic E-state index is 0.201. The van der Waals surface area contributed by atoms with Crippen molar-refractivity contribution in [3.05, 3.63) is 29.0 Å². The fourth-order valence-electron chi connectivity index (χ4n) is 3.01. The Hall–Kier alpha value is -0.640. The number of hydrazine groups is 1. The first-order chi connectivity index (χ1) is 8.74. The van der Waals surface area contributed by atoms with Crippen LogP contribution in [-0.2, 0) is 0 Å². The van der Waals surface area contributed by atoms with Crippen LogP contribution in [0.5, 0.6) is 0 Å². The summed E-state index contributed by atoms with van der Waals surface area (Å²) in [5.74, 6) is 7.25. The Kier molecular flexibility index (Phi) is 4.98. The van der Waals surface area contributed by atoms with E-state index in [9.17, 15) is 0 Å². The number of aromatic nitrogens is 1. The molecule has 0 radical (unpaired) electrons. The molecule has 1 aromatic heterocycles. The second kappa shape index (κ2) is 6.50. The van der Waals surface area contributed by atoms with Crippen molar-refractivity contribution in [2.75, 3.05) is 0 Å². The van der Waals surface area contributed by atoms with Gasteiger partial charge in [0, 0.05) is 6.20 Å². The molecule has 1 aliphatic carbocycles. The summed E-state index contributed by atoms with van der Waals surface area (Å²) in [6, 6.07) is 4.05.